The third kappa shape index (κ3) is 5.42. The second kappa shape index (κ2) is 9.74. The molecule has 1 aromatic heterocycles. The fourth-order valence-corrected chi connectivity index (χ4v) is 7.07. The molecule has 3 heterocycles. The van der Waals surface area contributed by atoms with Crippen LogP contribution in [0.2, 0.25) is 0 Å². The number of hydrogen-bond acceptors (Lipinski definition) is 6. The molecule has 0 bridgehead atoms. The first-order valence-corrected chi connectivity index (χ1v) is 14.4. The van der Waals surface area contributed by atoms with Crippen molar-refractivity contribution >= 4 is 16.0 Å². The Bertz CT molecular complexity index is 1220. The zero-order valence-corrected chi connectivity index (χ0v) is 22.0. The molecule has 2 aliphatic heterocycles. The van der Waals surface area contributed by atoms with E-state index >= 15 is 0 Å². The molecule has 1 unspecified atom stereocenters. The van der Waals surface area contributed by atoms with Gasteiger partial charge >= 0.3 is 0 Å². The highest BCUT2D eigenvalue weighted by atomic mass is 32.2. The third-order valence-corrected chi connectivity index (χ3v) is 9.63. The summed E-state index contributed by atoms with van der Waals surface area (Å²) in [5, 5.41) is -0.831. The lowest BCUT2D eigenvalue weighted by Gasteiger charge is -2.39. The van der Waals surface area contributed by atoms with E-state index in [1.165, 1.54) is 18.9 Å². The number of likely N-dealkylation sites (tertiary alicyclic amines) is 1. The lowest BCUT2D eigenvalue weighted by molar-refractivity contribution is 0.0762. The van der Waals surface area contributed by atoms with Crippen molar-refractivity contribution in [3.8, 4) is 0 Å². The van der Waals surface area contributed by atoms with Gasteiger partial charge in [-0.1, -0.05) is 24.3 Å². The molecule has 5 rings (SSSR count). The zero-order chi connectivity index (χ0) is 25.5. The molecular weight excluding hydrogens is 479 g/mol. The Morgan fingerprint density at radius 2 is 1.89 bits per heavy atom. The molecule has 7 nitrogen and oxygen atoms in total. The molecule has 0 amide bonds. The molecule has 0 radical (unpaired) electrons. The number of pyridine rings is 1. The van der Waals surface area contributed by atoms with Crippen LogP contribution in [0.25, 0.3) is 0 Å². The number of rotatable bonds is 6. The van der Waals surface area contributed by atoms with Gasteiger partial charge in [0.25, 0.3) is 6.02 Å². The molecule has 0 spiro atoms. The Hall–Kier alpha value is -2.52. The summed E-state index contributed by atoms with van der Waals surface area (Å²) in [5.74, 6) is 0.0682. The predicted octanol–water partition coefficient (Wildman–Crippen LogP) is 4.32. The average Bonchev–Trinajstić information content (AvgIpc) is 3.67. The van der Waals surface area contributed by atoms with Crippen molar-refractivity contribution in [3.05, 3.63) is 65.2 Å². The minimum Gasteiger partial charge on any atom is -0.457 e. The molecule has 9 heteroatoms. The second-order valence-corrected chi connectivity index (χ2v) is 12.7. The van der Waals surface area contributed by atoms with Crippen LogP contribution in [0.5, 0.6) is 0 Å². The van der Waals surface area contributed by atoms with Crippen LogP contribution in [0, 0.1) is 5.82 Å². The van der Waals surface area contributed by atoms with Crippen LogP contribution in [0.15, 0.2) is 47.6 Å². The molecule has 1 saturated carbocycles. The first-order valence-electron chi connectivity index (χ1n) is 12.8. The summed E-state index contributed by atoms with van der Waals surface area (Å²) in [7, 11) is -3.79. The summed E-state index contributed by atoms with van der Waals surface area (Å²) < 4.78 is 49.1. The van der Waals surface area contributed by atoms with Crippen molar-refractivity contribution in [2.45, 2.75) is 81.7 Å². The number of ether oxygens (including phenoxy) is 1. The maximum atomic E-state index is 14.1. The maximum Gasteiger partial charge on any atom is 0.299 e. The van der Waals surface area contributed by atoms with Crippen molar-refractivity contribution in [2.75, 3.05) is 13.1 Å². The Balaban J connectivity index is 1.26. The lowest BCUT2D eigenvalue weighted by Crippen LogP contribution is -2.59. The van der Waals surface area contributed by atoms with E-state index in [1.807, 2.05) is 12.1 Å². The van der Waals surface area contributed by atoms with Gasteiger partial charge < -0.3 is 9.64 Å². The van der Waals surface area contributed by atoms with Crippen molar-refractivity contribution in [3.63, 3.8) is 0 Å². The quantitative estimate of drug-likeness (QED) is 0.621. The molecule has 2 aromatic rings. The number of nitrogens with one attached hydrogen (secondary N) is 1. The van der Waals surface area contributed by atoms with Gasteiger partial charge in [-0.25, -0.2) is 22.5 Å². The summed E-state index contributed by atoms with van der Waals surface area (Å²) in [6.07, 6.45) is 7.00. The van der Waals surface area contributed by atoms with Crippen LogP contribution < -0.4 is 4.72 Å². The van der Waals surface area contributed by atoms with Gasteiger partial charge in [-0.05, 0) is 83.7 Å². The Morgan fingerprint density at radius 1 is 1.17 bits per heavy atom. The normalized spacial score (nSPS) is 26.2. The third-order valence-electron chi connectivity index (χ3n) is 7.69. The predicted molar refractivity (Wildman–Crippen MR) is 138 cm³/mol. The summed E-state index contributed by atoms with van der Waals surface area (Å²) in [6.45, 7) is 7.46. The molecule has 3 fully saturated rings. The number of halogens is 1. The molecule has 2 saturated heterocycles. The Morgan fingerprint density at radius 3 is 2.50 bits per heavy atom. The SMILES string of the molecule is C[C@H](N=C1NS(=O)(=O)C(Cc2ccc(C3CCN(C4CC4)CC3)nc2)C(C)(C)O1)c1ccccc1F. The largest absolute Gasteiger partial charge is 0.457 e. The van der Waals surface area contributed by atoms with Crippen LogP contribution >= 0.6 is 0 Å². The van der Waals surface area contributed by atoms with E-state index in [0.717, 1.165) is 43.2 Å². The van der Waals surface area contributed by atoms with E-state index in [4.69, 9.17) is 9.72 Å². The summed E-state index contributed by atoms with van der Waals surface area (Å²) >= 11 is 0. The Kier molecular flexibility index (Phi) is 6.80. The van der Waals surface area contributed by atoms with Gasteiger partial charge in [0.15, 0.2) is 0 Å². The number of piperidine rings is 1. The maximum absolute atomic E-state index is 14.1. The van der Waals surface area contributed by atoms with Gasteiger partial charge in [0.2, 0.25) is 10.0 Å². The second-order valence-electron chi connectivity index (χ2n) is 10.8. The molecule has 2 atom stereocenters. The summed E-state index contributed by atoms with van der Waals surface area (Å²) in [4.78, 5) is 11.6. The van der Waals surface area contributed by atoms with Crippen LogP contribution in [0.4, 0.5) is 4.39 Å². The summed E-state index contributed by atoms with van der Waals surface area (Å²) in [6, 6.07) is 10.4. The first kappa shape index (κ1) is 25.1. The van der Waals surface area contributed by atoms with E-state index < -0.39 is 32.7 Å². The summed E-state index contributed by atoms with van der Waals surface area (Å²) in [5.41, 5.74) is 1.27. The molecule has 194 valence electrons. The van der Waals surface area contributed by atoms with Crippen LogP contribution in [0.3, 0.4) is 0 Å². The van der Waals surface area contributed by atoms with Crippen LogP contribution in [-0.4, -0.2) is 54.3 Å². The molecule has 1 aliphatic carbocycles. The first-order chi connectivity index (χ1) is 17.1. The zero-order valence-electron chi connectivity index (χ0n) is 21.2. The van der Waals surface area contributed by atoms with Gasteiger partial charge in [-0.3, -0.25) is 4.98 Å². The topological polar surface area (TPSA) is 83.9 Å². The molecule has 3 aliphatic rings. The Labute approximate surface area is 213 Å². The highest BCUT2D eigenvalue weighted by molar-refractivity contribution is 7.90. The number of aromatic nitrogens is 1. The monoisotopic (exact) mass is 514 g/mol. The van der Waals surface area contributed by atoms with E-state index in [1.54, 1.807) is 45.2 Å². The van der Waals surface area contributed by atoms with Gasteiger partial charge in [-0.15, -0.1) is 0 Å². The van der Waals surface area contributed by atoms with E-state index in [2.05, 4.69) is 14.6 Å². The number of nitrogens with zero attached hydrogens (tertiary/aromatic N) is 3. The molecule has 36 heavy (non-hydrogen) atoms. The van der Waals surface area contributed by atoms with E-state index in [9.17, 15) is 12.8 Å². The standard InChI is InChI=1S/C27H35FN4O3S/c1-18(22-6-4-5-7-23(22)28)30-26-31-36(33,34)25(27(2,3)35-26)16-19-8-11-24(29-17-19)20-12-14-32(15-13-20)21-9-10-21/h4-8,11,17-18,20-21,25H,9-10,12-16H2,1-3H3,(H,30,31)/t18-,25?/m0/s1. The molecular formula is C27H35FN4O3S. The van der Waals surface area contributed by atoms with Crippen molar-refractivity contribution in [1.29, 1.82) is 0 Å². The minimum atomic E-state index is -3.79. The smallest absolute Gasteiger partial charge is 0.299 e. The van der Waals surface area contributed by atoms with Gasteiger partial charge in [0.1, 0.15) is 16.7 Å². The number of amidine groups is 1. The number of sulfonamides is 1. The molecule has 1 aromatic carbocycles. The fourth-order valence-electron chi connectivity index (χ4n) is 5.38. The van der Waals surface area contributed by atoms with Crippen molar-refractivity contribution in [2.24, 2.45) is 4.99 Å². The van der Waals surface area contributed by atoms with E-state index in [0.29, 0.717) is 11.5 Å². The average molecular weight is 515 g/mol. The van der Waals surface area contributed by atoms with Crippen LogP contribution in [0.1, 0.15) is 75.2 Å². The highest BCUT2D eigenvalue weighted by Crippen LogP contribution is 2.34. The van der Waals surface area contributed by atoms with Crippen molar-refractivity contribution < 1.29 is 17.5 Å². The van der Waals surface area contributed by atoms with Crippen LogP contribution in [-0.2, 0) is 21.2 Å². The van der Waals surface area contributed by atoms with Gasteiger partial charge in [-0.2, -0.15) is 0 Å². The number of hydrogen-bond donors (Lipinski definition) is 1. The number of benzene rings is 1. The van der Waals surface area contributed by atoms with Gasteiger partial charge in [0.05, 0.1) is 6.04 Å². The minimum absolute atomic E-state index is 0.113. The fraction of sp³-hybridized carbons (Fsp3) is 0.556. The van der Waals surface area contributed by atoms with E-state index in [-0.39, 0.29) is 12.4 Å². The number of aliphatic imine (C=N–C) groups is 1. The molecule has 1 N–H and O–H groups in total. The lowest BCUT2D eigenvalue weighted by atomic mass is 9.92. The highest BCUT2D eigenvalue weighted by Gasteiger charge is 2.47. The van der Waals surface area contributed by atoms with Crippen molar-refractivity contribution in [1.82, 2.24) is 14.6 Å². The van der Waals surface area contributed by atoms with Gasteiger partial charge in [0, 0.05) is 29.4 Å².